The first-order valence-corrected chi connectivity index (χ1v) is 5.31. The van der Waals surface area contributed by atoms with Crippen molar-refractivity contribution in [1.82, 2.24) is 5.32 Å². The van der Waals surface area contributed by atoms with Crippen molar-refractivity contribution in [2.45, 2.75) is 13.8 Å². The molecule has 0 bridgehead atoms. The van der Waals surface area contributed by atoms with Gasteiger partial charge >= 0.3 is 0 Å². The van der Waals surface area contributed by atoms with Gasteiger partial charge in [-0.05, 0) is 25.5 Å². The van der Waals surface area contributed by atoms with Crippen LogP contribution in [-0.4, -0.2) is 26.2 Å². The highest BCUT2D eigenvalue weighted by atomic mass is 32.1. The van der Waals surface area contributed by atoms with E-state index in [1.54, 1.807) is 7.11 Å². The summed E-state index contributed by atoms with van der Waals surface area (Å²) in [5, 5.41) is 2.79. The summed E-state index contributed by atoms with van der Waals surface area (Å²) in [6, 6.07) is 1.92. The highest BCUT2D eigenvalue weighted by molar-refractivity contribution is 7.14. The van der Waals surface area contributed by atoms with Crippen molar-refractivity contribution >= 4 is 17.2 Å². The summed E-state index contributed by atoms with van der Waals surface area (Å²) < 4.78 is 4.85. The Morgan fingerprint density at radius 2 is 2.29 bits per heavy atom. The molecule has 0 aliphatic heterocycles. The highest BCUT2D eigenvalue weighted by Gasteiger charge is 2.09. The zero-order valence-corrected chi connectivity index (χ0v) is 9.53. The van der Waals surface area contributed by atoms with Crippen LogP contribution in [-0.2, 0) is 4.74 Å². The second kappa shape index (κ2) is 5.12. The molecular weight excluding hydrogens is 198 g/mol. The van der Waals surface area contributed by atoms with E-state index in [-0.39, 0.29) is 5.91 Å². The van der Waals surface area contributed by atoms with Gasteiger partial charge in [0.25, 0.3) is 5.91 Å². The van der Waals surface area contributed by atoms with Crippen LogP contribution in [0.15, 0.2) is 6.07 Å². The van der Waals surface area contributed by atoms with Gasteiger partial charge in [-0.3, -0.25) is 4.79 Å². The number of ether oxygens (including phenoxy) is 1. The van der Waals surface area contributed by atoms with Crippen LogP contribution < -0.4 is 5.32 Å². The lowest BCUT2D eigenvalue weighted by Crippen LogP contribution is -2.26. The Kier molecular flexibility index (Phi) is 4.10. The third-order valence-corrected chi connectivity index (χ3v) is 3.13. The predicted molar refractivity (Wildman–Crippen MR) is 58.0 cm³/mol. The van der Waals surface area contributed by atoms with Crippen molar-refractivity contribution in [3.8, 4) is 0 Å². The third-order valence-electron chi connectivity index (χ3n) is 1.98. The minimum absolute atomic E-state index is 0.0109. The van der Waals surface area contributed by atoms with E-state index in [2.05, 4.69) is 5.32 Å². The molecule has 0 spiro atoms. The van der Waals surface area contributed by atoms with E-state index in [0.717, 1.165) is 4.88 Å². The molecule has 1 amide bonds. The normalized spacial score (nSPS) is 10.2. The van der Waals surface area contributed by atoms with Gasteiger partial charge in [-0.2, -0.15) is 0 Å². The van der Waals surface area contributed by atoms with Crippen LogP contribution >= 0.6 is 11.3 Å². The van der Waals surface area contributed by atoms with Gasteiger partial charge in [0.05, 0.1) is 11.5 Å². The molecule has 0 saturated carbocycles. The van der Waals surface area contributed by atoms with Crippen molar-refractivity contribution < 1.29 is 9.53 Å². The van der Waals surface area contributed by atoms with Crippen LogP contribution in [0.1, 0.15) is 20.1 Å². The number of hydrogen-bond donors (Lipinski definition) is 1. The minimum Gasteiger partial charge on any atom is -0.383 e. The second-order valence-corrected chi connectivity index (χ2v) is 4.35. The quantitative estimate of drug-likeness (QED) is 0.774. The van der Waals surface area contributed by atoms with Gasteiger partial charge in [0.15, 0.2) is 0 Å². The number of hydrogen-bond acceptors (Lipinski definition) is 3. The lowest BCUT2D eigenvalue weighted by atomic mass is 10.3. The molecule has 1 N–H and O–H groups in total. The first-order valence-electron chi connectivity index (χ1n) is 4.49. The Hall–Kier alpha value is -0.870. The lowest BCUT2D eigenvalue weighted by Gasteiger charge is -2.01. The zero-order valence-electron chi connectivity index (χ0n) is 8.72. The molecule has 0 aliphatic rings. The third kappa shape index (κ3) is 2.82. The number of carbonyl (C=O) groups excluding carboxylic acids is 1. The molecule has 0 radical (unpaired) electrons. The largest absolute Gasteiger partial charge is 0.383 e. The van der Waals surface area contributed by atoms with Gasteiger partial charge < -0.3 is 10.1 Å². The minimum atomic E-state index is -0.0109. The summed E-state index contributed by atoms with van der Waals surface area (Å²) in [4.78, 5) is 13.5. The van der Waals surface area contributed by atoms with Crippen molar-refractivity contribution in [3.63, 3.8) is 0 Å². The number of nitrogens with one attached hydrogen (secondary N) is 1. The molecule has 0 unspecified atom stereocenters. The number of carbonyl (C=O) groups is 1. The standard InChI is InChI=1S/C10H15NO2S/c1-7-6-9(14-8(7)2)10(12)11-4-5-13-3/h6H,4-5H2,1-3H3,(H,11,12). The van der Waals surface area contributed by atoms with Gasteiger partial charge in [-0.1, -0.05) is 0 Å². The van der Waals surface area contributed by atoms with Crippen LogP contribution in [0.5, 0.6) is 0 Å². The monoisotopic (exact) mass is 213 g/mol. The van der Waals surface area contributed by atoms with E-state index >= 15 is 0 Å². The van der Waals surface area contributed by atoms with E-state index in [9.17, 15) is 4.79 Å². The van der Waals surface area contributed by atoms with Gasteiger partial charge in [0.2, 0.25) is 0 Å². The molecule has 14 heavy (non-hydrogen) atoms. The Balaban J connectivity index is 2.52. The average molecular weight is 213 g/mol. The maximum absolute atomic E-state index is 11.5. The first-order chi connectivity index (χ1) is 6.65. The van der Waals surface area contributed by atoms with E-state index in [1.807, 2.05) is 19.9 Å². The van der Waals surface area contributed by atoms with Gasteiger partial charge in [-0.25, -0.2) is 0 Å². The summed E-state index contributed by atoms with van der Waals surface area (Å²) in [5.41, 5.74) is 1.17. The summed E-state index contributed by atoms with van der Waals surface area (Å²) in [5.74, 6) is -0.0109. The SMILES string of the molecule is COCCNC(=O)c1cc(C)c(C)s1. The number of thiophene rings is 1. The Morgan fingerprint density at radius 3 is 2.79 bits per heavy atom. The number of aryl methyl sites for hydroxylation is 2. The summed E-state index contributed by atoms with van der Waals surface area (Å²) in [6.45, 7) is 5.14. The molecule has 78 valence electrons. The average Bonchev–Trinajstić information content (AvgIpc) is 2.47. The molecule has 4 heteroatoms. The molecule has 3 nitrogen and oxygen atoms in total. The molecule has 0 atom stereocenters. The van der Waals surface area contributed by atoms with Crippen LogP contribution in [0.3, 0.4) is 0 Å². The molecular formula is C10H15NO2S. The first kappa shape index (κ1) is 11.2. The second-order valence-electron chi connectivity index (χ2n) is 3.10. The van der Waals surface area contributed by atoms with Gasteiger partial charge in [-0.15, -0.1) is 11.3 Å². The van der Waals surface area contributed by atoms with Crippen LogP contribution in [0.2, 0.25) is 0 Å². The highest BCUT2D eigenvalue weighted by Crippen LogP contribution is 2.20. The molecule has 1 aromatic heterocycles. The number of methoxy groups -OCH3 is 1. The van der Waals surface area contributed by atoms with Crippen molar-refractivity contribution in [3.05, 3.63) is 21.4 Å². The van der Waals surface area contributed by atoms with Gasteiger partial charge in [0.1, 0.15) is 0 Å². The predicted octanol–water partition coefficient (Wildman–Crippen LogP) is 1.74. The molecule has 0 fully saturated rings. The topological polar surface area (TPSA) is 38.3 Å². The fraction of sp³-hybridized carbons (Fsp3) is 0.500. The molecule has 0 saturated heterocycles. The molecule has 1 rings (SSSR count). The van der Waals surface area contributed by atoms with E-state index in [0.29, 0.717) is 13.2 Å². The van der Waals surface area contributed by atoms with E-state index in [4.69, 9.17) is 4.74 Å². The van der Waals surface area contributed by atoms with Crippen molar-refractivity contribution in [1.29, 1.82) is 0 Å². The Labute approximate surface area is 88.1 Å². The van der Waals surface area contributed by atoms with Gasteiger partial charge in [0, 0.05) is 18.5 Å². The van der Waals surface area contributed by atoms with Crippen molar-refractivity contribution in [2.24, 2.45) is 0 Å². The Morgan fingerprint density at radius 1 is 1.57 bits per heavy atom. The lowest BCUT2D eigenvalue weighted by molar-refractivity contribution is 0.0941. The summed E-state index contributed by atoms with van der Waals surface area (Å²) in [7, 11) is 1.62. The van der Waals surface area contributed by atoms with Crippen LogP contribution in [0.4, 0.5) is 0 Å². The zero-order chi connectivity index (χ0) is 10.6. The van der Waals surface area contributed by atoms with E-state index in [1.165, 1.54) is 21.8 Å². The Bertz CT molecular complexity index is 300. The number of rotatable bonds is 4. The molecule has 1 aromatic rings. The van der Waals surface area contributed by atoms with E-state index < -0.39 is 0 Å². The van der Waals surface area contributed by atoms with Crippen LogP contribution in [0.25, 0.3) is 0 Å². The maximum Gasteiger partial charge on any atom is 0.261 e. The van der Waals surface area contributed by atoms with Crippen LogP contribution in [0, 0.1) is 13.8 Å². The summed E-state index contributed by atoms with van der Waals surface area (Å²) >= 11 is 1.53. The maximum atomic E-state index is 11.5. The smallest absolute Gasteiger partial charge is 0.261 e. The summed E-state index contributed by atoms with van der Waals surface area (Å²) in [6.07, 6.45) is 0. The fourth-order valence-electron chi connectivity index (χ4n) is 1.04. The van der Waals surface area contributed by atoms with Crippen molar-refractivity contribution in [2.75, 3.05) is 20.3 Å². The molecule has 0 aliphatic carbocycles. The molecule has 0 aromatic carbocycles. The molecule has 1 heterocycles. The number of amides is 1. The fourth-order valence-corrected chi connectivity index (χ4v) is 1.99.